The van der Waals surface area contributed by atoms with Crippen molar-refractivity contribution in [3.05, 3.63) is 0 Å². The van der Waals surface area contributed by atoms with Gasteiger partial charge in [-0.05, 0) is 13.8 Å². The molecule has 0 fully saturated rings. The van der Waals surface area contributed by atoms with Crippen molar-refractivity contribution < 1.29 is 26.3 Å². The van der Waals surface area contributed by atoms with Crippen LogP contribution in [0.1, 0.15) is 13.8 Å². The summed E-state index contributed by atoms with van der Waals surface area (Å²) in [6.07, 6.45) is -9.52. The molecule has 0 heterocycles. The third-order valence-corrected chi connectivity index (χ3v) is 1.27. The van der Waals surface area contributed by atoms with E-state index in [0.717, 1.165) is 0 Å². The smallest absolute Gasteiger partial charge is 0.272 e. The van der Waals surface area contributed by atoms with Crippen LogP contribution in [0.15, 0.2) is 4.99 Å². The molecule has 1 unspecified atom stereocenters. The Balaban J connectivity index is 4.59. The maximum absolute atomic E-state index is 11.7. The van der Waals surface area contributed by atoms with Gasteiger partial charge in [0.2, 0.25) is 0 Å². The number of hydrogen-bond acceptors (Lipinski definition) is 1. The Bertz CT molecular complexity index is 200. The Morgan fingerprint density at radius 1 is 1.08 bits per heavy atom. The lowest BCUT2D eigenvalue weighted by Gasteiger charge is -2.13. The predicted molar refractivity (Wildman–Crippen MR) is 34.7 cm³/mol. The first-order valence-corrected chi connectivity index (χ1v) is 3.23. The minimum Gasteiger partial charge on any atom is -0.272 e. The SMILES string of the molecule is CC(=NC(C)C(F)(F)F)C(F)(F)F. The van der Waals surface area contributed by atoms with Crippen molar-refractivity contribution in [2.75, 3.05) is 0 Å². The van der Waals surface area contributed by atoms with Gasteiger partial charge < -0.3 is 0 Å². The lowest BCUT2D eigenvalue weighted by atomic mass is 10.3. The molecule has 0 aliphatic carbocycles. The van der Waals surface area contributed by atoms with E-state index in [9.17, 15) is 26.3 Å². The number of rotatable bonds is 1. The number of alkyl halides is 6. The Kier molecular flexibility index (Phi) is 3.34. The van der Waals surface area contributed by atoms with Crippen molar-refractivity contribution in [2.24, 2.45) is 4.99 Å². The van der Waals surface area contributed by atoms with E-state index in [1.807, 2.05) is 0 Å². The van der Waals surface area contributed by atoms with Crippen molar-refractivity contribution in [3.63, 3.8) is 0 Å². The van der Waals surface area contributed by atoms with Crippen molar-refractivity contribution in [1.29, 1.82) is 0 Å². The summed E-state index contributed by atoms with van der Waals surface area (Å²) in [7, 11) is 0. The summed E-state index contributed by atoms with van der Waals surface area (Å²) >= 11 is 0. The highest BCUT2D eigenvalue weighted by Crippen LogP contribution is 2.25. The zero-order chi connectivity index (χ0) is 10.9. The molecule has 7 heteroatoms. The van der Waals surface area contributed by atoms with Gasteiger partial charge in [0.15, 0.2) is 0 Å². The minimum atomic E-state index is -4.79. The number of hydrogen-bond donors (Lipinski definition) is 0. The molecule has 0 aromatic carbocycles. The molecule has 0 aromatic rings. The van der Waals surface area contributed by atoms with Crippen molar-refractivity contribution in [3.8, 4) is 0 Å². The average molecular weight is 207 g/mol. The van der Waals surface area contributed by atoms with Crippen LogP contribution in [0, 0.1) is 0 Å². The molecule has 78 valence electrons. The van der Waals surface area contributed by atoms with Crippen LogP contribution >= 0.6 is 0 Å². The van der Waals surface area contributed by atoms with Crippen molar-refractivity contribution in [1.82, 2.24) is 0 Å². The molecule has 0 rings (SSSR count). The van der Waals surface area contributed by atoms with Gasteiger partial charge in [0.1, 0.15) is 11.8 Å². The highest BCUT2D eigenvalue weighted by Gasteiger charge is 2.39. The van der Waals surface area contributed by atoms with Crippen LogP contribution in [-0.4, -0.2) is 24.1 Å². The fourth-order valence-electron chi connectivity index (χ4n) is 0.437. The summed E-state index contributed by atoms with van der Waals surface area (Å²) in [4.78, 5) is 2.49. The van der Waals surface area contributed by atoms with Crippen LogP contribution in [0.2, 0.25) is 0 Å². The molecule has 0 radical (unpaired) electrons. The molecule has 0 aromatic heterocycles. The van der Waals surface area contributed by atoms with Gasteiger partial charge >= 0.3 is 12.4 Å². The first-order valence-electron chi connectivity index (χ1n) is 3.23. The molecule has 0 spiro atoms. The maximum Gasteiger partial charge on any atom is 0.428 e. The molecule has 1 nitrogen and oxygen atoms in total. The number of aliphatic imine (C=N–C) groups is 1. The number of nitrogens with zero attached hydrogens (tertiary/aromatic N) is 1. The topological polar surface area (TPSA) is 12.4 Å². The van der Waals surface area contributed by atoms with E-state index in [-0.39, 0.29) is 0 Å². The lowest BCUT2D eigenvalue weighted by Crippen LogP contribution is -2.28. The van der Waals surface area contributed by atoms with Crippen LogP contribution in [-0.2, 0) is 0 Å². The third kappa shape index (κ3) is 4.14. The summed E-state index contributed by atoms with van der Waals surface area (Å²) in [6, 6.07) is -2.32. The van der Waals surface area contributed by atoms with E-state index in [0.29, 0.717) is 13.8 Å². The fraction of sp³-hybridized carbons (Fsp3) is 0.833. The summed E-state index contributed by atoms with van der Waals surface area (Å²) in [5, 5.41) is 0. The Hall–Kier alpha value is -0.750. The molecule has 0 aliphatic heterocycles. The quantitative estimate of drug-likeness (QED) is 0.463. The minimum absolute atomic E-state index is 0.502. The molecule has 0 bridgehead atoms. The monoisotopic (exact) mass is 207 g/mol. The molecular formula is C6H7F6N. The van der Waals surface area contributed by atoms with Gasteiger partial charge in [-0.25, -0.2) is 0 Å². The normalized spacial score (nSPS) is 17.4. The second kappa shape index (κ2) is 3.55. The van der Waals surface area contributed by atoms with Crippen LogP contribution in [0.4, 0.5) is 26.3 Å². The zero-order valence-corrected chi connectivity index (χ0v) is 6.79. The van der Waals surface area contributed by atoms with E-state index < -0.39 is 24.1 Å². The van der Waals surface area contributed by atoms with Crippen LogP contribution in [0.25, 0.3) is 0 Å². The van der Waals surface area contributed by atoms with Crippen LogP contribution < -0.4 is 0 Å². The summed E-state index contributed by atoms with van der Waals surface area (Å²) in [5.41, 5.74) is -1.47. The highest BCUT2D eigenvalue weighted by molar-refractivity contribution is 5.87. The second-order valence-corrected chi connectivity index (χ2v) is 2.43. The van der Waals surface area contributed by atoms with E-state index in [4.69, 9.17) is 0 Å². The third-order valence-electron chi connectivity index (χ3n) is 1.27. The van der Waals surface area contributed by atoms with Gasteiger partial charge in [-0.2, -0.15) is 26.3 Å². The van der Waals surface area contributed by atoms with Crippen LogP contribution in [0.5, 0.6) is 0 Å². The second-order valence-electron chi connectivity index (χ2n) is 2.43. The molecular weight excluding hydrogens is 200 g/mol. The van der Waals surface area contributed by atoms with E-state index in [1.165, 1.54) is 0 Å². The largest absolute Gasteiger partial charge is 0.428 e. The van der Waals surface area contributed by atoms with Crippen LogP contribution in [0.3, 0.4) is 0 Å². The summed E-state index contributed by atoms with van der Waals surface area (Å²) in [6.45, 7) is 1.07. The average Bonchev–Trinajstić information content (AvgIpc) is 1.82. The van der Waals surface area contributed by atoms with Crippen molar-refractivity contribution >= 4 is 5.71 Å². The Morgan fingerprint density at radius 2 is 1.46 bits per heavy atom. The van der Waals surface area contributed by atoms with E-state index in [2.05, 4.69) is 4.99 Å². The molecule has 0 amide bonds. The van der Waals surface area contributed by atoms with Crippen molar-refractivity contribution in [2.45, 2.75) is 32.2 Å². The fourth-order valence-corrected chi connectivity index (χ4v) is 0.437. The Morgan fingerprint density at radius 3 is 1.69 bits per heavy atom. The molecule has 0 N–H and O–H groups in total. The zero-order valence-electron chi connectivity index (χ0n) is 6.79. The summed E-state index contributed by atoms with van der Waals surface area (Å²) in [5.74, 6) is 0. The first-order chi connectivity index (χ1) is 5.55. The van der Waals surface area contributed by atoms with Gasteiger partial charge in [-0.1, -0.05) is 0 Å². The van der Waals surface area contributed by atoms with Gasteiger partial charge in [0, 0.05) is 0 Å². The summed E-state index contributed by atoms with van der Waals surface area (Å²) < 4.78 is 70.3. The molecule has 13 heavy (non-hydrogen) atoms. The molecule has 0 saturated heterocycles. The maximum atomic E-state index is 11.7. The number of halogens is 6. The van der Waals surface area contributed by atoms with Gasteiger partial charge in [-0.3, -0.25) is 4.99 Å². The predicted octanol–water partition coefficient (Wildman–Crippen LogP) is 2.96. The van der Waals surface area contributed by atoms with Gasteiger partial charge in [0.05, 0.1) is 0 Å². The standard InChI is InChI=1S/C6H7F6N/c1-3(5(7,8)9)13-4(2)6(10,11)12/h3H,1-2H3. The lowest BCUT2D eigenvalue weighted by molar-refractivity contribution is -0.143. The van der Waals surface area contributed by atoms with Gasteiger partial charge in [0.25, 0.3) is 0 Å². The molecule has 0 aliphatic rings. The molecule has 1 atom stereocenters. The highest BCUT2D eigenvalue weighted by atomic mass is 19.4. The van der Waals surface area contributed by atoms with Gasteiger partial charge in [-0.15, -0.1) is 0 Å². The first kappa shape index (κ1) is 12.2. The Labute approximate surface area is 70.5 Å². The molecule has 0 saturated carbocycles. The van der Waals surface area contributed by atoms with E-state index in [1.54, 1.807) is 0 Å². The van der Waals surface area contributed by atoms with E-state index >= 15 is 0 Å².